The quantitative estimate of drug-likeness (QED) is 0.720. The standard InChI is InChI=1S/C14H22N2O3.ClH/c1-4-7-15-8-9-16-14(17)12-6-5-11(18-2)10-13(12)19-3;/h5-6,10,15H,4,7-9H2,1-3H3,(H,16,17);1H. The number of rotatable bonds is 8. The van der Waals surface area contributed by atoms with E-state index in [0.717, 1.165) is 19.5 Å². The van der Waals surface area contributed by atoms with E-state index in [-0.39, 0.29) is 18.3 Å². The van der Waals surface area contributed by atoms with Crippen molar-refractivity contribution in [2.75, 3.05) is 33.9 Å². The van der Waals surface area contributed by atoms with E-state index in [4.69, 9.17) is 9.47 Å². The first-order valence-corrected chi connectivity index (χ1v) is 6.43. The Balaban J connectivity index is 0.00000361. The fourth-order valence-corrected chi connectivity index (χ4v) is 1.65. The summed E-state index contributed by atoms with van der Waals surface area (Å²) in [6.07, 6.45) is 1.08. The SMILES string of the molecule is CCCNCCNC(=O)c1ccc(OC)cc1OC.Cl. The van der Waals surface area contributed by atoms with Crippen molar-refractivity contribution >= 4 is 18.3 Å². The minimum atomic E-state index is -0.141. The monoisotopic (exact) mass is 302 g/mol. The van der Waals surface area contributed by atoms with Gasteiger partial charge in [0.25, 0.3) is 5.91 Å². The van der Waals surface area contributed by atoms with Gasteiger partial charge in [0.15, 0.2) is 0 Å². The topological polar surface area (TPSA) is 59.6 Å². The summed E-state index contributed by atoms with van der Waals surface area (Å²) in [5.74, 6) is 1.04. The van der Waals surface area contributed by atoms with Gasteiger partial charge in [-0.3, -0.25) is 4.79 Å². The molecule has 0 aliphatic carbocycles. The highest BCUT2D eigenvalue weighted by Gasteiger charge is 2.12. The van der Waals surface area contributed by atoms with E-state index in [1.807, 2.05) is 0 Å². The van der Waals surface area contributed by atoms with Crippen molar-refractivity contribution in [1.82, 2.24) is 10.6 Å². The van der Waals surface area contributed by atoms with Gasteiger partial charge in [-0.25, -0.2) is 0 Å². The van der Waals surface area contributed by atoms with Gasteiger partial charge in [-0.1, -0.05) is 6.92 Å². The van der Waals surface area contributed by atoms with Gasteiger partial charge in [0.05, 0.1) is 19.8 Å². The molecule has 1 rings (SSSR count). The van der Waals surface area contributed by atoms with Gasteiger partial charge in [0.1, 0.15) is 11.5 Å². The first-order chi connectivity index (χ1) is 9.22. The maximum atomic E-state index is 12.0. The van der Waals surface area contributed by atoms with E-state index in [1.165, 1.54) is 7.11 Å². The summed E-state index contributed by atoms with van der Waals surface area (Å²) in [6, 6.07) is 5.14. The lowest BCUT2D eigenvalue weighted by Crippen LogP contribution is -2.32. The van der Waals surface area contributed by atoms with Crippen molar-refractivity contribution in [1.29, 1.82) is 0 Å². The molecule has 0 aliphatic rings. The zero-order chi connectivity index (χ0) is 14.1. The zero-order valence-corrected chi connectivity index (χ0v) is 13.0. The molecular formula is C14H23ClN2O3. The number of benzene rings is 1. The third kappa shape index (κ3) is 5.67. The van der Waals surface area contributed by atoms with Crippen molar-refractivity contribution < 1.29 is 14.3 Å². The maximum Gasteiger partial charge on any atom is 0.255 e. The van der Waals surface area contributed by atoms with E-state index in [9.17, 15) is 4.79 Å². The summed E-state index contributed by atoms with van der Waals surface area (Å²) >= 11 is 0. The average molecular weight is 303 g/mol. The van der Waals surface area contributed by atoms with Crippen LogP contribution in [0.25, 0.3) is 0 Å². The summed E-state index contributed by atoms with van der Waals surface area (Å²) in [5.41, 5.74) is 0.513. The van der Waals surface area contributed by atoms with Crippen molar-refractivity contribution in [3.8, 4) is 11.5 Å². The lowest BCUT2D eigenvalue weighted by atomic mass is 10.1. The third-order valence-corrected chi connectivity index (χ3v) is 2.67. The van der Waals surface area contributed by atoms with Crippen LogP contribution in [0.5, 0.6) is 11.5 Å². The number of amides is 1. The van der Waals surface area contributed by atoms with Gasteiger partial charge in [-0.2, -0.15) is 0 Å². The summed E-state index contributed by atoms with van der Waals surface area (Å²) in [6.45, 7) is 4.42. The summed E-state index contributed by atoms with van der Waals surface area (Å²) in [4.78, 5) is 12.0. The summed E-state index contributed by atoms with van der Waals surface area (Å²) in [5, 5.41) is 6.07. The van der Waals surface area contributed by atoms with E-state index in [1.54, 1.807) is 25.3 Å². The predicted molar refractivity (Wildman–Crippen MR) is 82.3 cm³/mol. The van der Waals surface area contributed by atoms with Crippen LogP contribution in [0, 0.1) is 0 Å². The van der Waals surface area contributed by atoms with Crippen molar-refractivity contribution in [2.24, 2.45) is 0 Å². The minimum Gasteiger partial charge on any atom is -0.497 e. The fraction of sp³-hybridized carbons (Fsp3) is 0.500. The highest BCUT2D eigenvalue weighted by molar-refractivity contribution is 5.97. The first kappa shape index (κ1) is 18.5. The molecule has 1 aromatic carbocycles. The van der Waals surface area contributed by atoms with Gasteiger partial charge in [-0.05, 0) is 25.1 Å². The summed E-state index contributed by atoms with van der Waals surface area (Å²) in [7, 11) is 3.11. The van der Waals surface area contributed by atoms with Crippen LogP contribution >= 0.6 is 12.4 Å². The molecule has 1 aromatic rings. The van der Waals surface area contributed by atoms with Crippen molar-refractivity contribution in [2.45, 2.75) is 13.3 Å². The van der Waals surface area contributed by atoms with Gasteiger partial charge in [0, 0.05) is 19.2 Å². The summed E-state index contributed by atoms with van der Waals surface area (Å²) < 4.78 is 10.3. The number of carbonyl (C=O) groups excluding carboxylic acids is 1. The second kappa shape index (κ2) is 10.3. The normalized spacial score (nSPS) is 9.55. The van der Waals surface area contributed by atoms with Crippen LogP contribution < -0.4 is 20.1 Å². The second-order valence-corrected chi connectivity index (χ2v) is 4.07. The second-order valence-electron chi connectivity index (χ2n) is 4.07. The largest absolute Gasteiger partial charge is 0.497 e. The molecule has 0 aliphatic heterocycles. The Morgan fingerprint density at radius 3 is 2.50 bits per heavy atom. The zero-order valence-electron chi connectivity index (χ0n) is 12.2. The minimum absolute atomic E-state index is 0. The number of ether oxygens (including phenoxy) is 2. The molecule has 0 spiro atoms. The average Bonchev–Trinajstić information content (AvgIpc) is 2.46. The number of carbonyl (C=O) groups is 1. The molecule has 1 amide bonds. The predicted octanol–water partition coefficient (Wildman–Crippen LogP) is 1.85. The van der Waals surface area contributed by atoms with Crippen LogP contribution in [-0.2, 0) is 0 Å². The number of nitrogens with one attached hydrogen (secondary N) is 2. The van der Waals surface area contributed by atoms with E-state index >= 15 is 0 Å². The van der Waals surface area contributed by atoms with Crippen molar-refractivity contribution in [3.63, 3.8) is 0 Å². The number of hydrogen-bond donors (Lipinski definition) is 2. The lowest BCUT2D eigenvalue weighted by Gasteiger charge is -2.11. The van der Waals surface area contributed by atoms with Crippen LogP contribution in [0.1, 0.15) is 23.7 Å². The number of methoxy groups -OCH3 is 2. The molecule has 5 nitrogen and oxygen atoms in total. The molecule has 0 heterocycles. The molecule has 0 fully saturated rings. The number of hydrogen-bond acceptors (Lipinski definition) is 4. The van der Waals surface area contributed by atoms with Gasteiger partial charge < -0.3 is 20.1 Å². The van der Waals surface area contributed by atoms with Gasteiger partial charge in [-0.15, -0.1) is 12.4 Å². The molecule has 20 heavy (non-hydrogen) atoms. The smallest absolute Gasteiger partial charge is 0.255 e. The van der Waals surface area contributed by atoms with E-state index < -0.39 is 0 Å². The third-order valence-electron chi connectivity index (χ3n) is 2.67. The highest BCUT2D eigenvalue weighted by atomic mass is 35.5. The molecule has 114 valence electrons. The molecule has 6 heteroatoms. The maximum absolute atomic E-state index is 12.0. The fourth-order valence-electron chi connectivity index (χ4n) is 1.65. The van der Waals surface area contributed by atoms with E-state index in [2.05, 4.69) is 17.6 Å². The van der Waals surface area contributed by atoms with E-state index in [0.29, 0.717) is 23.6 Å². The molecule has 0 unspecified atom stereocenters. The Hall–Kier alpha value is -1.46. The van der Waals surface area contributed by atoms with Crippen molar-refractivity contribution in [3.05, 3.63) is 23.8 Å². The highest BCUT2D eigenvalue weighted by Crippen LogP contribution is 2.24. The van der Waals surface area contributed by atoms with Crippen LogP contribution in [0.2, 0.25) is 0 Å². The van der Waals surface area contributed by atoms with Crippen LogP contribution in [0.3, 0.4) is 0 Å². The molecule has 0 bridgehead atoms. The van der Waals surface area contributed by atoms with Gasteiger partial charge >= 0.3 is 0 Å². The van der Waals surface area contributed by atoms with Crippen LogP contribution in [-0.4, -0.2) is 39.8 Å². The Bertz CT molecular complexity index is 413. The number of halogens is 1. The Morgan fingerprint density at radius 2 is 1.90 bits per heavy atom. The van der Waals surface area contributed by atoms with Crippen LogP contribution in [0.15, 0.2) is 18.2 Å². The molecule has 0 saturated carbocycles. The molecule has 0 atom stereocenters. The molecule has 0 saturated heterocycles. The molecule has 0 radical (unpaired) electrons. The van der Waals surface area contributed by atoms with Gasteiger partial charge in [0.2, 0.25) is 0 Å². The Morgan fingerprint density at radius 1 is 1.15 bits per heavy atom. The Kier molecular flexibility index (Phi) is 9.59. The lowest BCUT2D eigenvalue weighted by molar-refractivity contribution is 0.0951. The molecular weight excluding hydrogens is 280 g/mol. The van der Waals surface area contributed by atoms with Crippen LogP contribution in [0.4, 0.5) is 0 Å². The first-order valence-electron chi connectivity index (χ1n) is 6.43. The Labute approximate surface area is 126 Å². The molecule has 2 N–H and O–H groups in total. The molecule has 0 aromatic heterocycles.